The van der Waals surface area contributed by atoms with Crippen LogP contribution in [0.1, 0.15) is 19.0 Å². The number of ether oxygens (including phenoxy) is 3. The monoisotopic (exact) mass is 467 g/mol. The molecule has 0 saturated carbocycles. The molecule has 0 fully saturated rings. The first-order valence-corrected chi connectivity index (χ1v) is 11.9. The molecule has 0 bridgehead atoms. The molecular weight excluding hydrogens is 438 g/mol. The lowest BCUT2D eigenvalue weighted by atomic mass is 10.2. The van der Waals surface area contributed by atoms with Gasteiger partial charge in [-0.1, -0.05) is 35.1 Å². The maximum Gasteiger partial charge on any atom is 0.315 e. The summed E-state index contributed by atoms with van der Waals surface area (Å²) in [5.74, 6) is 3.33. The molecular formula is C25H29N3O4S. The summed E-state index contributed by atoms with van der Waals surface area (Å²) in [6.07, 6.45) is 5.66. The van der Waals surface area contributed by atoms with Gasteiger partial charge in [0, 0.05) is 24.9 Å². The summed E-state index contributed by atoms with van der Waals surface area (Å²) in [6.45, 7) is 3.37. The van der Waals surface area contributed by atoms with Crippen LogP contribution in [0.3, 0.4) is 0 Å². The molecule has 0 N–H and O–H groups in total. The predicted molar refractivity (Wildman–Crippen MR) is 130 cm³/mol. The third-order valence-electron chi connectivity index (χ3n) is 4.75. The fourth-order valence-electron chi connectivity index (χ4n) is 2.86. The second-order valence-electron chi connectivity index (χ2n) is 7.35. The smallest absolute Gasteiger partial charge is 0.315 e. The van der Waals surface area contributed by atoms with Crippen LogP contribution < -0.4 is 9.47 Å². The van der Waals surface area contributed by atoms with E-state index in [1.165, 1.54) is 12.7 Å². The number of hydrogen-bond donors (Lipinski definition) is 0. The van der Waals surface area contributed by atoms with Crippen LogP contribution in [0.4, 0.5) is 0 Å². The van der Waals surface area contributed by atoms with Crippen molar-refractivity contribution in [1.82, 2.24) is 15.0 Å². The van der Waals surface area contributed by atoms with Crippen molar-refractivity contribution < 1.29 is 19.0 Å². The first-order chi connectivity index (χ1) is 16.1. The van der Waals surface area contributed by atoms with Gasteiger partial charge in [-0.05, 0) is 49.7 Å². The van der Waals surface area contributed by atoms with Gasteiger partial charge >= 0.3 is 5.97 Å². The highest BCUT2D eigenvalue weighted by atomic mass is 32.2. The van der Waals surface area contributed by atoms with Gasteiger partial charge in [0.25, 0.3) is 0 Å². The Labute approximate surface area is 198 Å². The third-order valence-corrected chi connectivity index (χ3v) is 5.59. The number of benzene rings is 2. The minimum absolute atomic E-state index is 0.195. The predicted octanol–water partition coefficient (Wildman–Crippen LogP) is 4.93. The van der Waals surface area contributed by atoms with E-state index >= 15 is 0 Å². The zero-order valence-corrected chi connectivity index (χ0v) is 19.8. The van der Waals surface area contributed by atoms with Crippen molar-refractivity contribution in [3.63, 3.8) is 0 Å². The van der Waals surface area contributed by atoms with Gasteiger partial charge in [-0.2, -0.15) is 0 Å². The van der Waals surface area contributed by atoms with Gasteiger partial charge in [-0.25, -0.2) is 0 Å². The minimum Gasteiger partial charge on any atom is -0.493 e. The largest absolute Gasteiger partial charge is 0.493 e. The molecule has 3 rings (SSSR count). The molecule has 7 nitrogen and oxygen atoms in total. The Morgan fingerprint density at radius 1 is 1.06 bits per heavy atom. The van der Waals surface area contributed by atoms with Crippen LogP contribution in [0.25, 0.3) is 0 Å². The normalized spacial score (nSPS) is 11.3. The highest BCUT2D eigenvalue weighted by molar-refractivity contribution is 8.00. The maximum absolute atomic E-state index is 11.1. The van der Waals surface area contributed by atoms with Gasteiger partial charge in [0.15, 0.2) is 0 Å². The van der Waals surface area contributed by atoms with E-state index in [2.05, 4.69) is 28.0 Å². The Bertz CT molecular complexity index is 1020. The van der Waals surface area contributed by atoms with E-state index in [1.54, 1.807) is 11.8 Å². The van der Waals surface area contributed by atoms with Crippen molar-refractivity contribution in [2.24, 2.45) is 0 Å². The van der Waals surface area contributed by atoms with Crippen molar-refractivity contribution in [3.05, 3.63) is 78.1 Å². The van der Waals surface area contributed by atoms with Crippen molar-refractivity contribution in [2.75, 3.05) is 25.2 Å². The number of aryl methyl sites for hydroxylation is 1. The Morgan fingerprint density at radius 2 is 1.79 bits per heavy atom. The second kappa shape index (κ2) is 13.3. The molecule has 0 aliphatic carbocycles. The molecule has 33 heavy (non-hydrogen) atoms. The van der Waals surface area contributed by atoms with E-state index in [0.717, 1.165) is 41.7 Å². The van der Waals surface area contributed by atoms with E-state index < -0.39 is 0 Å². The Morgan fingerprint density at radius 3 is 2.55 bits per heavy atom. The van der Waals surface area contributed by atoms with Crippen LogP contribution in [0.2, 0.25) is 0 Å². The van der Waals surface area contributed by atoms with Crippen LogP contribution in [-0.2, 0) is 22.5 Å². The topological polar surface area (TPSA) is 75.5 Å². The SMILES string of the molecule is COC(=O)CSC/C=C(\C)CCn1cc(CCOc2ccc(Oc3ccccc3)cc2)nn1. The number of hydrogen-bond acceptors (Lipinski definition) is 7. The fraction of sp³-hybridized carbons (Fsp3) is 0.320. The van der Waals surface area contributed by atoms with Crippen LogP contribution in [0.15, 0.2) is 72.4 Å². The number of aromatic nitrogens is 3. The molecule has 8 heteroatoms. The van der Waals surface area contributed by atoms with E-state index in [-0.39, 0.29) is 5.97 Å². The van der Waals surface area contributed by atoms with Gasteiger partial charge < -0.3 is 14.2 Å². The Balaban J connectivity index is 1.34. The number of esters is 1. The number of rotatable bonds is 13. The lowest BCUT2D eigenvalue weighted by Crippen LogP contribution is -2.03. The van der Waals surface area contributed by atoms with Crippen LogP contribution in [0, 0.1) is 0 Å². The van der Waals surface area contributed by atoms with Crippen molar-refractivity contribution in [1.29, 1.82) is 0 Å². The summed E-state index contributed by atoms with van der Waals surface area (Å²) in [4.78, 5) is 11.1. The standard InChI is InChI=1S/C25H29N3O4S/c1-20(14-17-33-19-25(29)30-2)12-15-28-18-21(26-27-28)13-16-31-22-8-10-24(11-9-22)32-23-6-4-3-5-7-23/h3-11,14,18H,12-13,15-17,19H2,1-2H3/b20-14+. The summed E-state index contributed by atoms with van der Waals surface area (Å²) in [7, 11) is 1.41. The molecule has 0 aliphatic rings. The number of methoxy groups -OCH3 is 1. The molecule has 0 aliphatic heterocycles. The lowest BCUT2D eigenvalue weighted by Gasteiger charge is -2.08. The number of nitrogens with zero attached hydrogens (tertiary/aromatic N) is 3. The molecule has 0 unspecified atom stereocenters. The summed E-state index contributed by atoms with van der Waals surface area (Å²) >= 11 is 1.54. The summed E-state index contributed by atoms with van der Waals surface area (Å²) in [6, 6.07) is 17.2. The quantitative estimate of drug-likeness (QED) is 0.200. The Kier molecular flexibility index (Phi) is 9.85. The second-order valence-corrected chi connectivity index (χ2v) is 8.38. The first kappa shape index (κ1) is 24.4. The van der Waals surface area contributed by atoms with Crippen LogP contribution >= 0.6 is 11.8 Å². The first-order valence-electron chi connectivity index (χ1n) is 10.8. The highest BCUT2D eigenvalue weighted by Crippen LogP contribution is 2.23. The van der Waals surface area contributed by atoms with E-state index in [4.69, 9.17) is 9.47 Å². The highest BCUT2D eigenvalue weighted by Gasteiger charge is 2.04. The Hall–Kier alpha value is -3.26. The van der Waals surface area contributed by atoms with Crippen molar-refractivity contribution in [2.45, 2.75) is 26.3 Å². The summed E-state index contributed by atoms with van der Waals surface area (Å²) in [5, 5.41) is 8.43. The maximum atomic E-state index is 11.1. The molecule has 1 aromatic heterocycles. The molecule has 0 spiro atoms. The molecule has 0 saturated heterocycles. The number of thioether (sulfide) groups is 1. The zero-order chi connectivity index (χ0) is 23.3. The molecule has 2 aromatic carbocycles. The van der Waals surface area contributed by atoms with Gasteiger partial charge in [0.2, 0.25) is 0 Å². The third kappa shape index (κ3) is 9.02. The van der Waals surface area contributed by atoms with E-state index in [1.807, 2.05) is 65.5 Å². The number of para-hydroxylation sites is 1. The molecule has 0 amide bonds. The van der Waals surface area contributed by atoms with E-state index in [9.17, 15) is 4.79 Å². The number of allylic oxidation sites excluding steroid dienone is 1. The molecule has 0 radical (unpaired) electrons. The number of carbonyl (C=O) groups is 1. The van der Waals surface area contributed by atoms with Gasteiger partial charge in [-0.15, -0.1) is 16.9 Å². The van der Waals surface area contributed by atoms with Gasteiger partial charge in [0.05, 0.1) is 25.2 Å². The molecule has 3 aromatic rings. The van der Waals surface area contributed by atoms with Crippen LogP contribution in [-0.4, -0.2) is 46.2 Å². The summed E-state index contributed by atoms with van der Waals surface area (Å²) < 4.78 is 18.1. The molecule has 1 heterocycles. The summed E-state index contributed by atoms with van der Waals surface area (Å²) in [5.41, 5.74) is 2.15. The number of carbonyl (C=O) groups excluding carboxylic acids is 1. The lowest BCUT2D eigenvalue weighted by molar-refractivity contribution is -0.137. The van der Waals surface area contributed by atoms with E-state index in [0.29, 0.717) is 18.8 Å². The fourth-order valence-corrected chi connectivity index (χ4v) is 3.66. The minimum atomic E-state index is -0.195. The molecule has 0 atom stereocenters. The van der Waals surface area contributed by atoms with Crippen molar-refractivity contribution >= 4 is 17.7 Å². The zero-order valence-electron chi connectivity index (χ0n) is 19.0. The van der Waals surface area contributed by atoms with Crippen LogP contribution in [0.5, 0.6) is 17.2 Å². The van der Waals surface area contributed by atoms with Gasteiger partial charge in [0.1, 0.15) is 17.2 Å². The van der Waals surface area contributed by atoms with Crippen molar-refractivity contribution in [3.8, 4) is 17.2 Å². The average Bonchev–Trinajstić information content (AvgIpc) is 3.30. The van der Waals surface area contributed by atoms with Gasteiger partial charge in [-0.3, -0.25) is 9.48 Å². The average molecular weight is 468 g/mol. The molecule has 174 valence electrons.